The molecular weight excluding hydrogens is 362 g/mol. The van der Waals surface area contributed by atoms with Crippen LogP contribution in [0.15, 0.2) is 83.5 Å². The minimum absolute atomic E-state index is 0.124. The van der Waals surface area contributed by atoms with Gasteiger partial charge in [-0.3, -0.25) is 4.79 Å². The molecule has 0 unspecified atom stereocenters. The third kappa shape index (κ3) is 3.78. The standard InChI is InChI=1S/C24H17N3O2/c1-26-24(28)19-10-8-17(9-11-19)20-13-21(18-6-4-16(15-25)5-7-18)27-22(14-20)23-3-2-12-29-23/h2-14H,1H3,(H,26,28). The zero-order chi connectivity index (χ0) is 20.2. The van der Waals surface area contributed by atoms with E-state index < -0.39 is 0 Å². The molecule has 1 N–H and O–H groups in total. The van der Waals surface area contributed by atoms with E-state index in [1.54, 1.807) is 37.6 Å². The SMILES string of the molecule is CNC(=O)c1ccc(-c2cc(-c3ccc(C#N)cc3)nc(-c3ccco3)c2)cc1. The first-order chi connectivity index (χ1) is 14.2. The van der Waals surface area contributed by atoms with Gasteiger partial charge >= 0.3 is 0 Å². The largest absolute Gasteiger partial charge is 0.463 e. The van der Waals surface area contributed by atoms with Crippen LogP contribution in [0.2, 0.25) is 0 Å². The van der Waals surface area contributed by atoms with Crippen molar-refractivity contribution in [2.75, 3.05) is 7.05 Å². The second kappa shape index (κ2) is 7.83. The highest BCUT2D eigenvalue weighted by atomic mass is 16.3. The van der Waals surface area contributed by atoms with Crippen LogP contribution in [0.4, 0.5) is 0 Å². The van der Waals surface area contributed by atoms with E-state index in [1.165, 1.54) is 0 Å². The molecule has 0 saturated carbocycles. The lowest BCUT2D eigenvalue weighted by molar-refractivity contribution is 0.0963. The molecule has 0 fully saturated rings. The number of hydrogen-bond acceptors (Lipinski definition) is 4. The van der Waals surface area contributed by atoms with E-state index in [4.69, 9.17) is 14.7 Å². The van der Waals surface area contributed by atoms with Gasteiger partial charge in [-0.25, -0.2) is 4.98 Å². The summed E-state index contributed by atoms with van der Waals surface area (Å²) in [7, 11) is 1.61. The predicted octanol–water partition coefficient (Wildman–Crippen LogP) is 4.91. The maximum Gasteiger partial charge on any atom is 0.251 e. The Kier molecular flexibility index (Phi) is 4.91. The smallest absolute Gasteiger partial charge is 0.251 e. The monoisotopic (exact) mass is 379 g/mol. The second-order valence-corrected chi connectivity index (χ2v) is 6.45. The number of nitrogens with one attached hydrogen (secondary N) is 1. The van der Waals surface area contributed by atoms with Crippen LogP contribution in [-0.4, -0.2) is 17.9 Å². The Morgan fingerprint density at radius 2 is 1.62 bits per heavy atom. The molecule has 29 heavy (non-hydrogen) atoms. The van der Waals surface area contributed by atoms with Gasteiger partial charge in [0.15, 0.2) is 5.76 Å². The van der Waals surface area contributed by atoms with Gasteiger partial charge in [-0.15, -0.1) is 0 Å². The first-order valence-electron chi connectivity index (χ1n) is 9.07. The number of carbonyl (C=O) groups is 1. The van der Waals surface area contributed by atoms with E-state index in [2.05, 4.69) is 11.4 Å². The van der Waals surface area contributed by atoms with Gasteiger partial charge in [0.1, 0.15) is 5.69 Å². The highest BCUT2D eigenvalue weighted by Crippen LogP contribution is 2.30. The van der Waals surface area contributed by atoms with Gasteiger partial charge in [0.2, 0.25) is 0 Å². The fraction of sp³-hybridized carbons (Fsp3) is 0.0417. The summed E-state index contributed by atoms with van der Waals surface area (Å²) in [6, 6.07) is 24.5. The molecule has 5 heteroatoms. The molecule has 140 valence electrons. The summed E-state index contributed by atoms with van der Waals surface area (Å²) in [5, 5.41) is 11.7. The number of carbonyl (C=O) groups excluding carboxylic acids is 1. The Morgan fingerprint density at radius 3 is 2.24 bits per heavy atom. The molecule has 0 radical (unpaired) electrons. The van der Waals surface area contributed by atoms with Crippen molar-refractivity contribution in [2.45, 2.75) is 0 Å². The molecule has 0 saturated heterocycles. The van der Waals surface area contributed by atoms with E-state index in [0.29, 0.717) is 22.6 Å². The summed E-state index contributed by atoms with van der Waals surface area (Å²) in [6.45, 7) is 0. The summed E-state index contributed by atoms with van der Waals surface area (Å²) in [4.78, 5) is 16.6. The van der Waals surface area contributed by atoms with Gasteiger partial charge in [0.25, 0.3) is 5.91 Å². The summed E-state index contributed by atoms with van der Waals surface area (Å²) < 4.78 is 5.54. The quantitative estimate of drug-likeness (QED) is 0.547. The lowest BCUT2D eigenvalue weighted by atomic mass is 10.00. The summed E-state index contributed by atoms with van der Waals surface area (Å²) in [5.41, 5.74) is 5.50. The van der Waals surface area contributed by atoms with Crippen molar-refractivity contribution in [1.82, 2.24) is 10.3 Å². The Morgan fingerprint density at radius 1 is 0.931 bits per heavy atom. The van der Waals surface area contributed by atoms with Gasteiger partial charge in [0.05, 0.1) is 23.6 Å². The Hall–Kier alpha value is -4.17. The van der Waals surface area contributed by atoms with Crippen LogP contribution >= 0.6 is 0 Å². The van der Waals surface area contributed by atoms with Crippen molar-refractivity contribution in [1.29, 1.82) is 5.26 Å². The molecule has 4 rings (SSSR count). The molecule has 0 atom stereocenters. The van der Waals surface area contributed by atoms with Crippen LogP contribution in [0.1, 0.15) is 15.9 Å². The van der Waals surface area contributed by atoms with Crippen LogP contribution < -0.4 is 5.32 Å². The topological polar surface area (TPSA) is 78.9 Å². The van der Waals surface area contributed by atoms with Gasteiger partial charge in [0, 0.05) is 18.2 Å². The zero-order valence-corrected chi connectivity index (χ0v) is 15.7. The molecular formula is C24H17N3O2. The normalized spacial score (nSPS) is 10.3. The lowest BCUT2D eigenvalue weighted by Crippen LogP contribution is -2.17. The number of nitrogens with zero attached hydrogens (tertiary/aromatic N) is 2. The highest BCUT2D eigenvalue weighted by molar-refractivity contribution is 5.94. The number of nitriles is 1. The predicted molar refractivity (Wildman–Crippen MR) is 111 cm³/mol. The molecule has 2 aromatic heterocycles. The lowest BCUT2D eigenvalue weighted by Gasteiger charge is -2.09. The summed E-state index contributed by atoms with van der Waals surface area (Å²) >= 11 is 0. The number of benzene rings is 2. The van der Waals surface area contributed by atoms with Crippen LogP contribution in [-0.2, 0) is 0 Å². The number of rotatable bonds is 4. The van der Waals surface area contributed by atoms with Gasteiger partial charge in [-0.05, 0) is 59.7 Å². The van der Waals surface area contributed by atoms with Crippen LogP contribution in [0.5, 0.6) is 0 Å². The van der Waals surface area contributed by atoms with Gasteiger partial charge < -0.3 is 9.73 Å². The number of furan rings is 1. The molecule has 4 aromatic rings. The van der Waals surface area contributed by atoms with Crippen molar-refractivity contribution < 1.29 is 9.21 Å². The third-order valence-corrected chi connectivity index (χ3v) is 4.62. The van der Waals surface area contributed by atoms with E-state index in [0.717, 1.165) is 22.4 Å². The fourth-order valence-electron chi connectivity index (χ4n) is 3.07. The van der Waals surface area contributed by atoms with E-state index in [1.807, 2.05) is 48.5 Å². The number of pyridine rings is 1. The second-order valence-electron chi connectivity index (χ2n) is 6.45. The first-order valence-corrected chi connectivity index (χ1v) is 9.07. The first kappa shape index (κ1) is 18.2. The molecule has 1 amide bonds. The molecule has 2 aromatic carbocycles. The Bertz CT molecular complexity index is 1190. The summed E-state index contributed by atoms with van der Waals surface area (Å²) in [6.07, 6.45) is 1.61. The molecule has 2 heterocycles. The number of amides is 1. The van der Waals surface area contributed by atoms with Gasteiger partial charge in [-0.1, -0.05) is 24.3 Å². The Balaban J connectivity index is 1.81. The van der Waals surface area contributed by atoms with E-state index in [-0.39, 0.29) is 5.91 Å². The van der Waals surface area contributed by atoms with E-state index >= 15 is 0 Å². The van der Waals surface area contributed by atoms with Crippen LogP contribution in [0.3, 0.4) is 0 Å². The maximum absolute atomic E-state index is 11.8. The van der Waals surface area contributed by atoms with E-state index in [9.17, 15) is 4.79 Å². The molecule has 0 bridgehead atoms. The molecule has 0 aliphatic rings. The van der Waals surface area contributed by atoms with Crippen molar-refractivity contribution in [3.8, 4) is 39.9 Å². The highest BCUT2D eigenvalue weighted by Gasteiger charge is 2.11. The summed E-state index contributed by atoms with van der Waals surface area (Å²) in [5.74, 6) is 0.546. The molecule has 0 spiro atoms. The van der Waals surface area contributed by atoms with Crippen molar-refractivity contribution >= 4 is 5.91 Å². The number of hydrogen-bond donors (Lipinski definition) is 1. The minimum atomic E-state index is -0.124. The average Bonchev–Trinajstić information content (AvgIpc) is 3.33. The van der Waals surface area contributed by atoms with Crippen molar-refractivity contribution in [2.24, 2.45) is 0 Å². The van der Waals surface area contributed by atoms with Crippen LogP contribution in [0, 0.1) is 11.3 Å². The molecule has 0 aliphatic heterocycles. The fourth-order valence-corrected chi connectivity index (χ4v) is 3.07. The van der Waals surface area contributed by atoms with Crippen LogP contribution in [0.25, 0.3) is 33.8 Å². The van der Waals surface area contributed by atoms with Crippen molar-refractivity contribution in [3.05, 3.63) is 90.2 Å². The molecule has 0 aliphatic carbocycles. The Labute approximate surface area is 168 Å². The average molecular weight is 379 g/mol. The molecule has 5 nitrogen and oxygen atoms in total. The zero-order valence-electron chi connectivity index (χ0n) is 15.7. The maximum atomic E-state index is 11.8. The minimum Gasteiger partial charge on any atom is -0.463 e. The third-order valence-electron chi connectivity index (χ3n) is 4.62. The van der Waals surface area contributed by atoms with Gasteiger partial charge in [-0.2, -0.15) is 5.26 Å². The number of aromatic nitrogens is 1. The van der Waals surface area contributed by atoms with Crippen molar-refractivity contribution in [3.63, 3.8) is 0 Å².